The van der Waals surface area contributed by atoms with E-state index in [4.69, 9.17) is 0 Å². The van der Waals surface area contributed by atoms with Crippen LogP contribution in [0.2, 0.25) is 0 Å². The van der Waals surface area contributed by atoms with Crippen LogP contribution >= 0.6 is 11.3 Å². The van der Waals surface area contributed by atoms with Crippen molar-refractivity contribution in [3.63, 3.8) is 0 Å². The number of amides is 1. The molecule has 1 amide bonds. The van der Waals surface area contributed by atoms with E-state index in [-0.39, 0.29) is 17.4 Å². The summed E-state index contributed by atoms with van der Waals surface area (Å²) in [5, 5.41) is 6.06. The maximum atomic E-state index is 12.2. The van der Waals surface area contributed by atoms with E-state index in [9.17, 15) is 4.79 Å². The van der Waals surface area contributed by atoms with Crippen LogP contribution in [0.15, 0.2) is 11.6 Å². The lowest BCUT2D eigenvalue weighted by Gasteiger charge is -2.28. The minimum atomic E-state index is -0.345. The van der Waals surface area contributed by atoms with Gasteiger partial charge in [-0.25, -0.2) is 4.98 Å². The minimum absolute atomic E-state index is 0.199. The van der Waals surface area contributed by atoms with Crippen LogP contribution in [0.5, 0.6) is 0 Å². The second-order valence-electron chi connectivity index (χ2n) is 5.29. The smallest absolute Gasteiger partial charge is 0.223 e. The van der Waals surface area contributed by atoms with E-state index in [2.05, 4.69) is 10.3 Å². The summed E-state index contributed by atoms with van der Waals surface area (Å²) in [6, 6.07) is 0. The molecule has 0 aliphatic heterocycles. The first-order valence-corrected chi connectivity index (χ1v) is 7.19. The standard InChI is InChI=1S/C13H20N2OS/c1-13(2,12-14-8-9-17-12)15-11(16)10-6-4-3-5-7-10/h8-10H,3-7H2,1-2H3,(H,15,16). The van der Waals surface area contributed by atoms with Crippen molar-refractivity contribution in [1.82, 2.24) is 10.3 Å². The highest BCUT2D eigenvalue weighted by molar-refractivity contribution is 7.09. The molecule has 0 saturated heterocycles. The molecule has 94 valence electrons. The monoisotopic (exact) mass is 252 g/mol. The Kier molecular flexibility index (Phi) is 3.82. The van der Waals surface area contributed by atoms with Gasteiger partial charge in [0.15, 0.2) is 0 Å². The molecule has 0 radical (unpaired) electrons. The predicted molar refractivity (Wildman–Crippen MR) is 69.9 cm³/mol. The van der Waals surface area contributed by atoms with Crippen molar-refractivity contribution in [2.75, 3.05) is 0 Å². The fraction of sp³-hybridized carbons (Fsp3) is 0.692. The summed E-state index contributed by atoms with van der Waals surface area (Å²) in [5.74, 6) is 0.410. The fourth-order valence-corrected chi connectivity index (χ4v) is 3.08. The van der Waals surface area contributed by atoms with E-state index in [1.54, 1.807) is 17.5 Å². The van der Waals surface area contributed by atoms with Crippen LogP contribution in [0, 0.1) is 5.92 Å². The van der Waals surface area contributed by atoms with E-state index < -0.39 is 0 Å². The van der Waals surface area contributed by atoms with Crippen molar-refractivity contribution in [2.45, 2.75) is 51.5 Å². The summed E-state index contributed by atoms with van der Waals surface area (Å²) in [7, 11) is 0. The molecule has 1 aliphatic carbocycles. The second-order valence-corrected chi connectivity index (χ2v) is 6.18. The molecule has 0 bridgehead atoms. The maximum Gasteiger partial charge on any atom is 0.223 e. The summed E-state index contributed by atoms with van der Waals surface area (Å²) in [6.07, 6.45) is 7.53. The summed E-state index contributed by atoms with van der Waals surface area (Å²) >= 11 is 1.59. The zero-order valence-corrected chi connectivity index (χ0v) is 11.3. The molecule has 0 atom stereocenters. The number of thiazole rings is 1. The SMILES string of the molecule is CC(C)(NC(=O)C1CCCCC1)c1nccs1. The number of carbonyl (C=O) groups excluding carboxylic acids is 1. The third kappa shape index (κ3) is 3.06. The van der Waals surface area contributed by atoms with Gasteiger partial charge in [0.2, 0.25) is 5.91 Å². The third-order valence-electron chi connectivity index (χ3n) is 3.38. The molecule has 0 aromatic carbocycles. The lowest BCUT2D eigenvalue weighted by molar-refractivity contribution is -0.127. The Hall–Kier alpha value is -0.900. The zero-order chi connectivity index (χ0) is 12.3. The average Bonchev–Trinajstić information content (AvgIpc) is 2.84. The number of nitrogens with one attached hydrogen (secondary N) is 1. The quantitative estimate of drug-likeness (QED) is 0.898. The summed E-state index contributed by atoms with van der Waals surface area (Å²) in [5.41, 5.74) is -0.345. The van der Waals surface area contributed by atoms with Crippen molar-refractivity contribution >= 4 is 17.2 Å². The van der Waals surface area contributed by atoms with Gasteiger partial charge in [-0.2, -0.15) is 0 Å². The Bertz CT molecular complexity index is 367. The molecule has 17 heavy (non-hydrogen) atoms. The lowest BCUT2D eigenvalue weighted by atomic mass is 9.88. The number of carbonyl (C=O) groups is 1. The Morgan fingerprint density at radius 3 is 2.71 bits per heavy atom. The largest absolute Gasteiger partial charge is 0.344 e. The van der Waals surface area contributed by atoms with Crippen LogP contribution in [-0.4, -0.2) is 10.9 Å². The normalized spacial score (nSPS) is 18.0. The number of hydrogen-bond donors (Lipinski definition) is 1. The molecule has 1 N–H and O–H groups in total. The first-order valence-electron chi connectivity index (χ1n) is 6.31. The second kappa shape index (κ2) is 5.17. The number of nitrogens with zero attached hydrogens (tertiary/aromatic N) is 1. The van der Waals surface area contributed by atoms with Gasteiger partial charge in [-0.05, 0) is 26.7 Å². The molecule has 0 spiro atoms. The van der Waals surface area contributed by atoms with Crippen LogP contribution in [0.3, 0.4) is 0 Å². The van der Waals surface area contributed by atoms with E-state index in [0.717, 1.165) is 17.8 Å². The molecule has 1 saturated carbocycles. The van der Waals surface area contributed by atoms with Gasteiger partial charge in [0.05, 0.1) is 5.54 Å². The molecule has 1 aromatic rings. The van der Waals surface area contributed by atoms with E-state index >= 15 is 0 Å². The average molecular weight is 252 g/mol. The Labute approximate surface area is 107 Å². The molecule has 2 rings (SSSR count). The number of rotatable bonds is 3. The fourth-order valence-electron chi connectivity index (χ4n) is 2.36. The van der Waals surface area contributed by atoms with Gasteiger partial charge < -0.3 is 5.32 Å². The van der Waals surface area contributed by atoms with Gasteiger partial charge in [0.25, 0.3) is 0 Å². The molecule has 0 unspecified atom stereocenters. The lowest BCUT2D eigenvalue weighted by Crippen LogP contribution is -2.44. The van der Waals surface area contributed by atoms with Gasteiger partial charge in [-0.1, -0.05) is 19.3 Å². The minimum Gasteiger partial charge on any atom is -0.344 e. The van der Waals surface area contributed by atoms with Crippen LogP contribution in [-0.2, 0) is 10.3 Å². The van der Waals surface area contributed by atoms with Crippen molar-refractivity contribution < 1.29 is 4.79 Å². The zero-order valence-electron chi connectivity index (χ0n) is 10.5. The van der Waals surface area contributed by atoms with Crippen LogP contribution in [0.1, 0.15) is 51.0 Å². The van der Waals surface area contributed by atoms with Gasteiger partial charge in [-0.3, -0.25) is 4.79 Å². The molecular weight excluding hydrogens is 232 g/mol. The first kappa shape index (κ1) is 12.6. The summed E-state index contributed by atoms with van der Waals surface area (Å²) in [6.45, 7) is 4.04. The molecule has 1 aliphatic rings. The molecule has 4 heteroatoms. The van der Waals surface area contributed by atoms with E-state index in [0.29, 0.717) is 0 Å². The van der Waals surface area contributed by atoms with Crippen molar-refractivity contribution in [1.29, 1.82) is 0 Å². The van der Waals surface area contributed by atoms with Crippen LogP contribution < -0.4 is 5.32 Å². The van der Waals surface area contributed by atoms with Crippen molar-refractivity contribution in [3.8, 4) is 0 Å². The molecule has 3 nitrogen and oxygen atoms in total. The Balaban J connectivity index is 1.97. The molecule has 1 heterocycles. The van der Waals surface area contributed by atoms with Crippen LogP contribution in [0.4, 0.5) is 0 Å². The number of aromatic nitrogens is 1. The highest BCUT2D eigenvalue weighted by atomic mass is 32.1. The first-order chi connectivity index (χ1) is 8.09. The maximum absolute atomic E-state index is 12.2. The van der Waals surface area contributed by atoms with Crippen LogP contribution in [0.25, 0.3) is 0 Å². The predicted octanol–water partition coefficient (Wildman–Crippen LogP) is 3.07. The van der Waals surface area contributed by atoms with E-state index in [1.165, 1.54) is 19.3 Å². The van der Waals surface area contributed by atoms with Gasteiger partial charge in [-0.15, -0.1) is 11.3 Å². The highest BCUT2D eigenvalue weighted by Crippen LogP contribution is 2.27. The Morgan fingerprint density at radius 1 is 1.41 bits per heavy atom. The highest BCUT2D eigenvalue weighted by Gasteiger charge is 2.29. The van der Waals surface area contributed by atoms with Gasteiger partial charge >= 0.3 is 0 Å². The van der Waals surface area contributed by atoms with Crippen molar-refractivity contribution in [2.24, 2.45) is 5.92 Å². The summed E-state index contributed by atoms with van der Waals surface area (Å²) < 4.78 is 0. The number of hydrogen-bond acceptors (Lipinski definition) is 3. The van der Waals surface area contributed by atoms with Gasteiger partial charge in [0, 0.05) is 17.5 Å². The molecule has 1 aromatic heterocycles. The summed E-state index contributed by atoms with van der Waals surface area (Å²) in [4.78, 5) is 16.5. The topological polar surface area (TPSA) is 42.0 Å². The van der Waals surface area contributed by atoms with E-state index in [1.807, 2.05) is 19.2 Å². The Morgan fingerprint density at radius 2 is 2.12 bits per heavy atom. The molecular formula is C13H20N2OS. The van der Waals surface area contributed by atoms with Gasteiger partial charge in [0.1, 0.15) is 5.01 Å². The van der Waals surface area contributed by atoms with Crippen molar-refractivity contribution in [3.05, 3.63) is 16.6 Å². The molecule has 1 fully saturated rings. The third-order valence-corrected chi connectivity index (χ3v) is 4.48.